The first-order valence-corrected chi connectivity index (χ1v) is 15.5. The highest BCUT2D eigenvalue weighted by Crippen LogP contribution is 2.39. The van der Waals surface area contributed by atoms with Gasteiger partial charge in [-0.3, -0.25) is 9.69 Å². The molecule has 3 amide bonds. The van der Waals surface area contributed by atoms with Crippen LogP contribution >= 0.6 is 0 Å². The van der Waals surface area contributed by atoms with Crippen molar-refractivity contribution in [3.8, 4) is 0 Å². The molecule has 6 rings (SSSR count). The Bertz CT molecular complexity index is 1410. The van der Waals surface area contributed by atoms with Gasteiger partial charge in [0.2, 0.25) is 11.9 Å². The number of hydrogen-bond acceptors (Lipinski definition) is 10. The summed E-state index contributed by atoms with van der Waals surface area (Å²) in [6, 6.07) is 3.62. The van der Waals surface area contributed by atoms with Gasteiger partial charge >= 0.3 is 12.2 Å². The van der Waals surface area contributed by atoms with Crippen LogP contribution in [0.15, 0.2) is 24.5 Å². The maximum atomic E-state index is 13.1. The quantitative estimate of drug-likeness (QED) is 0.530. The number of carbonyl (C=O) groups is 3. The number of likely N-dealkylation sites (N-methyl/N-ethyl adjacent to an activating group) is 1. The third-order valence-electron chi connectivity index (χ3n) is 8.88. The number of nitrogens with zero attached hydrogens (tertiary/aromatic N) is 7. The van der Waals surface area contributed by atoms with E-state index in [1.165, 1.54) is 0 Å². The lowest BCUT2D eigenvalue weighted by atomic mass is 9.91. The van der Waals surface area contributed by atoms with Gasteiger partial charge in [-0.2, -0.15) is 4.98 Å². The number of anilines is 4. The number of ether oxygens (including phenoxy) is 2. The molecule has 0 bridgehead atoms. The maximum Gasteiger partial charge on any atom is 0.415 e. The number of hydrogen-bond donors (Lipinski definition) is 1. The van der Waals surface area contributed by atoms with Crippen LogP contribution in [-0.4, -0.2) is 99.9 Å². The van der Waals surface area contributed by atoms with Crippen molar-refractivity contribution in [1.29, 1.82) is 0 Å². The van der Waals surface area contributed by atoms with E-state index in [2.05, 4.69) is 20.2 Å². The van der Waals surface area contributed by atoms with E-state index in [1.54, 1.807) is 47.3 Å². The topological polar surface area (TPSA) is 133 Å². The summed E-state index contributed by atoms with van der Waals surface area (Å²) in [4.78, 5) is 59.4. The number of piperidine rings is 1. The van der Waals surface area contributed by atoms with E-state index < -0.39 is 17.3 Å². The Morgan fingerprint density at radius 1 is 1.09 bits per heavy atom. The van der Waals surface area contributed by atoms with E-state index in [0.717, 1.165) is 37.1 Å². The molecule has 5 heterocycles. The molecule has 3 aliphatic heterocycles. The molecular formula is C31H42N8O5. The molecule has 1 unspecified atom stereocenters. The fraction of sp³-hybridized carbons (Fsp3) is 0.613. The second kappa shape index (κ2) is 11.4. The van der Waals surface area contributed by atoms with Gasteiger partial charge in [-0.1, -0.05) is 12.8 Å². The van der Waals surface area contributed by atoms with Crippen molar-refractivity contribution in [3.05, 3.63) is 30.1 Å². The number of fused-ring (bicyclic) bond motifs is 1. The van der Waals surface area contributed by atoms with Crippen LogP contribution in [0.2, 0.25) is 0 Å². The van der Waals surface area contributed by atoms with Gasteiger partial charge in [0.25, 0.3) is 0 Å². The van der Waals surface area contributed by atoms with Crippen LogP contribution in [0.1, 0.15) is 64.9 Å². The number of carbonyl (C=O) groups excluding carboxylic acids is 3. The van der Waals surface area contributed by atoms with Crippen LogP contribution in [0.25, 0.3) is 0 Å². The second-order valence-corrected chi connectivity index (χ2v) is 13.5. The average molecular weight is 607 g/mol. The molecule has 44 heavy (non-hydrogen) atoms. The van der Waals surface area contributed by atoms with E-state index in [0.29, 0.717) is 62.4 Å². The molecule has 0 radical (unpaired) electrons. The van der Waals surface area contributed by atoms with Crippen molar-refractivity contribution in [2.75, 3.05) is 48.8 Å². The molecule has 2 aromatic rings. The zero-order chi connectivity index (χ0) is 31.2. The summed E-state index contributed by atoms with van der Waals surface area (Å²) >= 11 is 0. The molecule has 13 nitrogen and oxygen atoms in total. The molecule has 0 aromatic carbocycles. The SMILES string of the molecule is CN(C)C(=O)C1Cc2cnc(Nc3ccc(N4CC5(CCN(C(=O)OC(C)(C)C)CC5)OC4=O)cn3)nc2N1C1CCCC1. The van der Waals surface area contributed by atoms with Crippen molar-refractivity contribution >= 4 is 41.4 Å². The summed E-state index contributed by atoms with van der Waals surface area (Å²) in [6.45, 7) is 6.84. The van der Waals surface area contributed by atoms with Crippen molar-refractivity contribution in [3.63, 3.8) is 0 Å². The standard InChI is InChI=1S/C31H42N8O5/c1-30(2,3)43-28(41)37-14-12-31(13-15-37)19-38(29(42)44-31)22-10-11-24(32-18-22)34-27-33-17-20-16-23(26(40)36(4)5)39(25(20)35-27)21-8-6-7-9-21/h10-11,17-18,21,23H,6-9,12-16,19H2,1-5H3,(H,32,33,34,35). The summed E-state index contributed by atoms with van der Waals surface area (Å²) in [6.07, 6.45) is 8.75. The highest BCUT2D eigenvalue weighted by atomic mass is 16.6. The first-order valence-electron chi connectivity index (χ1n) is 15.5. The van der Waals surface area contributed by atoms with Gasteiger partial charge in [0.05, 0.1) is 18.4 Å². The molecule has 1 atom stereocenters. The number of nitrogens with one attached hydrogen (secondary N) is 1. The van der Waals surface area contributed by atoms with Crippen LogP contribution < -0.4 is 15.1 Å². The fourth-order valence-corrected chi connectivity index (χ4v) is 6.63. The molecule has 1 N–H and O–H groups in total. The minimum absolute atomic E-state index is 0.0810. The lowest BCUT2D eigenvalue weighted by Gasteiger charge is -2.37. The number of aromatic nitrogens is 3. The first kappa shape index (κ1) is 29.9. The third-order valence-corrected chi connectivity index (χ3v) is 8.88. The summed E-state index contributed by atoms with van der Waals surface area (Å²) < 4.78 is 11.4. The molecule has 1 saturated carbocycles. The molecule has 13 heteroatoms. The fourth-order valence-electron chi connectivity index (χ4n) is 6.63. The van der Waals surface area contributed by atoms with Gasteiger partial charge in [0, 0.05) is 64.2 Å². The average Bonchev–Trinajstić information content (AvgIpc) is 3.70. The zero-order valence-electron chi connectivity index (χ0n) is 26.2. The van der Waals surface area contributed by atoms with Gasteiger partial charge in [0.15, 0.2) is 0 Å². The molecule has 1 spiro atoms. The lowest BCUT2D eigenvalue weighted by molar-refractivity contribution is -0.130. The van der Waals surface area contributed by atoms with Crippen LogP contribution in [0.4, 0.5) is 32.9 Å². The van der Waals surface area contributed by atoms with Gasteiger partial charge in [0.1, 0.15) is 28.9 Å². The maximum absolute atomic E-state index is 13.1. The van der Waals surface area contributed by atoms with Gasteiger partial charge in [-0.05, 0) is 45.7 Å². The first-order chi connectivity index (χ1) is 20.9. The van der Waals surface area contributed by atoms with Gasteiger partial charge < -0.3 is 29.5 Å². The Morgan fingerprint density at radius 2 is 1.82 bits per heavy atom. The lowest BCUT2D eigenvalue weighted by Crippen LogP contribution is -2.49. The minimum Gasteiger partial charge on any atom is -0.444 e. The second-order valence-electron chi connectivity index (χ2n) is 13.5. The highest BCUT2D eigenvalue weighted by molar-refractivity contribution is 5.90. The predicted octanol–water partition coefficient (Wildman–Crippen LogP) is 4.10. The van der Waals surface area contributed by atoms with Crippen LogP contribution in [0.3, 0.4) is 0 Å². The highest BCUT2D eigenvalue weighted by Gasteiger charge is 2.48. The largest absolute Gasteiger partial charge is 0.444 e. The van der Waals surface area contributed by atoms with Gasteiger partial charge in [-0.25, -0.2) is 19.6 Å². The molecule has 4 aliphatic rings. The minimum atomic E-state index is -0.651. The van der Waals surface area contributed by atoms with E-state index in [4.69, 9.17) is 14.5 Å². The van der Waals surface area contributed by atoms with Crippen molar-refractivity contribution in [2.45, 2.75) is 89.0 Å². The Morgan fingerprint density at radius 3 is 2.45 bits per heavy atom. The van der Waals surface area contributed by atoms with Gasteiger partial charge in [-0.15, -0.1) is 0 Å². The molecule has 2 aromatic heterocycles. The molecule has 2 saturated heterocycles. The van der Waals surface area contributed by atoms with Crippen LogP contribution in [0.5, 0.6) is 0 Å². The number of rotatable bonds is 5. The summed E-state index contributed by atoms with van der Waals surface area (Å²) in [5.74, 6) is 1.83. The van der Waals surface area contributed by atoms with Crippen molar-refractivity contribution < 1.29 is 23.9 Å². The Kier molecular flexibility index (Phi) is 7.75. The number of likely N-dealkylation sites (tertiary alicyclic amines) is 1. The van der Waals surface area contributed by atoms with Crippen LogP contribution in [0, 0.1) is 0 Å². The summed E-state index contributed by atoms with van der Waals surface area (Å²) in [7, 11) is 3.59. The van der Waals surface area contributed by atoms with E-state index in [1.807, 2.05) is 26.8 Å². The monoisotopic (exact) mass is 606 g/mol. The Balaban J connectivity index is 1.11. The Hall–Kier alpha value is -4.16. The van der Waals surface area contributed by atoms with E-state index in [-0.39, 0.29) is 18.0 Å². The molecule has 3 fully saturated rings. The normalized spacial score (nSPS) is 21.4. The zero-order valence-corrected chi connectivity index (χ0v) is 26.2. The smallest absolute Gasteiger partial charge is 0.415 e. The van der Waals surface area contributed by atoms with Crippen molar-refractivity contribution in [1.82, 2.24) is 24.8 Å². The number of pyridine rings is 1. The predicted molar refractivity (Wildman–Crippen MR) is 164 cm³/mol. The number of amides is 3. The Labute approximate surface area is 257 Å². The summed E-state index contributed by atoms with van der Waals surface area (Å²) in [5.41, 5.74) is 0.389. The third kappa shape index (κ3) is 5.96. The van der Waals surface area contributed by atoms with E-state index in [9.17, 15) is 14.4 Å². The van der Waals surface area contributed by atoms with Crippen molar-refractivity contribution in [2.24, 2.45) is 0 Å². The molecular weight excluding hydrogens is 564 g/mol. The summed E-state index contributed by atoms with van der Waals surface area (Å²) in [5, 5.41) is 3.19. The molecule has 236 valence electrons. The van der Waals surface area contributed by atoms with E-state index >= 15 is 0 Å². The van der Waals surface area contributed by atoms with Crippen LogP contribution in [-0.2, 0) is 20.7 Å². The molecule has 1 aliphatic carbocycles.